The second kappa shape index (κ2) is 5.71. The predicted octanol–water partition coefficient (Wildman–Crippen LogP) is 2.39. The van der Waals surface area contributed by atoms with E-state index in [1.807, 2.05) is 13.0 Å². The maximum atomic E-state index is 13.0. The van der Waals surface area contributed by atoms with E-state index in [0.29, 0.717) is 0 Å². The van der Waals surface area contributed by atoms with Crippen molar-refractivity contribution in [3.63, 3.8) is 0 Å². The number of anilines is 1. The summed E-state index contributed by atoms with van der Waals surface area (Å²) < 4.78 is 13.0. The van der Waals surface area contributed by atoms with Crippen LogP contribution in [0.4, 0.5) is 10.1 Å². The van der Waals surface area contributed by atoms with Crippen molar-refractivity contribution in [2.45, 2.75) is 26.3 Å². The fraction of sp³-hybridized carbons (Fsp3) is 0.500. The van der Waals surface area contributed by atoms with Gasteiger partial charge >= 0.3 is 0 Å². The molecule has 0 saturated heterocycles. The van der Waals surface area contributed by atoms with Crippen LogP contribution in [0.2, 0.25) is 0 Å². The fourth-order valence-electron chi connectivity index (χ4n) is 1.50. The van der Waals surface area contributed by atoms with Crippen molar-refractivity contribution in [3.05, 3.63) is 30.1 Å². The zero-order valence-corrected chi connectivity index (χ0v) is 9.41. The van der Waals surface area contributed by atoms with Crippen LogP contribution in [0.15, 0.2) is 24.3 Å². The molecule has 0 aliphatic carbocycles. The molecule has 1 rings (SSSR count). The van der Waals surface area contributed by atoms with Crippen molar-refractivity contribution < 1.29 is 4.39 Å². The summed E-state index contributed by atoms with van der Waals surface area (Å²) in [6.07, 6.45) is 0.921. The Morgan fingerprint density at radius 3 is 2.73 bits per heavy atom. The van der Waals surface area contributed by atoms with Gasteiger partial charge in [-0.15, -0.1) is 0 Å². The predicted molar refractivity (Wildman–Crippen MR) is 62.6 cm³/mol. The molecule has 0 amide bonds. The van der Waals surface area contributed by atoms with Crippen LogP contribution in [0.5, 0.6) is 0 Å². The number of nitrogens with two attached hydrogens (primary N) is 1. The average Bonchev–Trinajstić information content (AvgIpc) is 2.18. The van der Waals surface area contributed by atoms with Gasteiger partial charge in [0.2, 0.25) is 0 Å². The summed E-state index contributed by atoms with van der Waals surface area (Å²) in [7, 11) is 0. The Kier molecular flexibility index (Phi) is 4.56. The lowest BCUT2D eigenvalue weighted by molar-refractivity contribution is 0.621. The van der Waals surface area contributed by atoms with Gasteiger partial charge < -0.3 is 10.6 Å². The summed E-state index contributed by atoms with van der Waals surface area (Å²) >= 11 is 0. The van der Waals surface area contributed by atoms with Gasteiger partial charge in [-0.3, -0.25) is 0 Å². The Morgan fingerprint density at radius 1 is 1.47 bits per heavy atom. The number of halogens is 1. The molecule has 1 unspecified atom stereocenters. The van der Waals surface area contributed by atoms with Gasteiger partial charge in [-0.25, -0.2) is 4.39 Å². The lowest BCUT2D eigenvalue weighted by atomic mass is 10.2. The average molecular weight is 210 g/mol. The fourth-order valence-corrected chi connectivity index (χ4v) is 1.50. The van der Waals surface area contributed by atoms with E-state index in [2.05, 4.69) is 11.8 Å². The van der Waals surface area contributed by atoms with E-state index in [4.69, 9.17) is 5.73 Å². The highest BCUT2D eigenvalue weighted by Crippen LogP contribution is 2.15. The molecule has 0 saturated carbocycles. The van der Waals surface area contributed by atoms with Gasteiger partial charge in [0.25, 0.3) is 0 Å². The highest BCUT2D eigenvalue weighted by Gasteiger charge is 2.05. The van der Waals surface area contributed by atoms with Gasteiger partial charge in [0.1, 0.15) is 5.82 Å². The largest absolute Gasteiger partial charge is 0.372 e. The van der Waals surface area contributed by atoms with Crippen molar-refractivity contribution in [1.29, 1.82) is 0 Å². The van der Waals surface area contributed by atoms with Crippen LogP contribution >= 0.6 is 0 Å². The zero-order valence-electron chi connectivity index (χ0n) is 9.41. The molecule has 15 heavy (non-hydrogen) atoms. The second-order valence-corrected chi connectivity index (χ2v) is 3.83. The topological polar surface area (TPSA) is 29.3 Å². The molecule has 0 aliphatic rings. The lowest BCUT2D eigenvalue weighted by Crippen LogP contribution is -2.28. The minimum Gasteiger partial charge on any atom is -0.372 e. The van der Waals surface area contributed by atoms with Crippen LogP contribution in [0.1, 0.15) is 20.3 Å². The van der Waals surface area contributed by atoms with Crippen molar-refractivity contribution in [1.82, 2.24) is 0 Å². The van der Waals surface area contributed by atoms with Crippen LogP contribution in [-0.2, 0) is 0 Å². The number of hydrogen-bond acceptors (Lipinski definition) is 2. The van der Waals surface area contributed by atoms with Gasteiger partial charge in [0, 0.05) is 24.8 Å². The van der Waals surface area contributed by atoms with Crippen LogP contribution in [-0.4, -0.2) is 19.1 Å². The first-order valence-corrected chi connectivity index (χ1v) is 5.39. The minimum atomic E-state index is -0.188. The smallest absolute Gasteiger partial charge is 0.125 e. The van der Waals surface area contributed by atoms with Gasteiger partial charge in [-0.05, 0) is 38.5 Å². The molecule has 0 fully saturated rings. The maximum Gasteiger partial charge on any atom is 0.125 e. The van der Waals surface area contributed by atoms with E-state index >= 15 is 0 Å². The van der Waals surface area contributed by atoms with Crippen molar-refractivity contribution in [2.75, 3.05) is 18.0 Å². The quantitative estimate of drug-likeness (QED) is 0.808. The van der Waals surface area contributed by atoms with E-state index in [0.717, 1.165) is 25.2 Å². The van der Waals surface area contributed by atoms with E-state index in [1.54, 1.807) is 12.1 Å². The molecule has 0 spiro atoms. The first-order valence-electron chi connectivity index (χ1n) is 5.39. The van der Waals surface area contributed by atoms with E-state index in [9.17, 15) is 4.39 Å². The molecule has 1 aromatic carbocycles. The van der Waals surface area contributed by atoms with E-state index in [1.165, 1.54) is 6.07 Å². The molecule has 2 N–H and O–H groups in total. The monoisotopic (exact) mass is 210 g/mol. The summed E-state index contributed by atoms with van der Waals surface area (Å²) in [6.45, 7) is 5.79. The Morgan fingerprint density at radius 2 is 2.20 bits per heavy atom. The van der Waals surface area contributed by atoms with Gasteiger partial charge in [-0.1, -0.05) is 6.07 Å². The number of nitrogens with zero attached hydrogens (tertiary/aromatic N) is 1. The van der Waals surface area contributed by atoms with Crippen molar-refractivity contribution in [3.8, 4) is 0 Å². The first kappa shape index (κ1) is 12.0. The molecule has 0 radical (unpaired) electrons. The normalized spacial score (nSPS) is 12.5. The summed E-state index contributed by atoms with van der Waals surface area (Å²) in [5, 5.41) is 0. The Bertz CT molecular complexity index is 299. The second-order valence-electron chi connectivity index (χ2n) is 3.83. The number of benzene rings is 1. The Hall–Kier alpha value is -1.09. The van der Waals surface area contributed by atoms with Crippen LogP contribution in [0, 0.1) is 5.82 Å². The lowest BCUT2D eigenvalue weighted by Gasteiger charge is -2.23. The van der Waals surface area contributed by atoms with Crippen molar-refractivity contribution in [2.24, 2.45) is 5.73 Å². The summed E-state index contributed by atoms with van der Waals surface area (Å²) in [4.78, 5) is 2.13. The molecule has 1 aromatic rings. The van der Waals surface area contributed by atoms with Gasteiger partial charge in [-0.2, -0.15) is 0 Å². The molecule has 0 aliphatic heterocycles. The number of rotatable bonds is 5. The van der Waals surface area contributed by atoms with Gasteiger partial charge in [0.15, 0.2) is 0 Å². The molecular weight excluding hydrogens is 191 g/mol. The summed E-state index contributed by atoms with van der Waals surface area (Å²) in [6, 6.07) is 6.87. The van der Waals surface area contributed by atoms with Crippen LogP contribution in [0.3, 0.4) is 0 Å². The molecule has 2 nitrogen and oxygen atoms in total. The maximum absolute atomic E-state index is 13.0. The standard InChI is InChI=1S/C12H19FN2/c1-3-15(8-7-10(2)14)12-6-4-5-11(13)9-12/h4-6,9-10H,3,7-8,14H2,1-2H3. The third kappa shape index (κ3) is 3.88. The Labute approximate surface area is 90.9 Å². The zero-order chi connectivity index (χ0) is 11.3. The molecule has 0 aromatic heterocycles. The Balaban J connectivity index is 2.65. The molecule has 3 heteroatoms. The molecule has 0 bridgehead atoms. The third-order valence-corrected chi connectivity index (χ3v) is 2.41. The SMILES string of the molecule is CCN(CCC(C)N)c1cccc(F)c1. The number of hydrogen-bond donors (Lipinski definition) is 1. The minimum absolute atomic E-state index is 0.188. The third-order valence-electron chi connectivity index (χ3n) is 2.41. The molecule has 1 atom stereocenters. The summed E-state index contributed by atoms with van der Waals surface area (Å²) in [5.41, 5.74) is 6.63. The van der Waals surface area contributed by atoms with Crippen LogP contribution < -0.4 is 10.6 Å². The van der Waals surface area contributed by atoms with Gasteiger partial charge in [0.05, 0.1) is 0 Å². The van der Waals surface area contributed by atoms with Crippen molar-refractivity contribution >= 4 is 5.69 Å². The van der Waals surface area contributed by atoms with E-state index < -0.39 is 0 Å². The molecular formula is C12H19FN2. The van der Waals surface area contributed by atoms with Crippen LogP contribution in [0.25, 0.3) is 0 Å². The molecule has 0 heterocycles. The summed E-state index contributed by atoms with van der Waals surface area (Å²) in [5.74, 6) is -0.188. The van der Waals surface area contributed by atoms with E-state index in [-0.39, 0.29) is 11.9 Å². The highest BCUT2D eigenvalue weighted by molar-refractivity contribution is 5.46. The highest BCUT2D eigenvalue weighted by atomic mass is 19.1. The first-order chi connectivity index (χ1) is 7.13. The molecule has 84 valence electrons.